The summed E-state index contributed by atoms with van der Waals surface area (Å²) in [4.78, 5) is 4.09. The molecule has 0 fully saturated rings. The lowest BCUT2D eigenvalue weighted by atomic mass is 9.96. The lowest BCUT2D eigenvalue weighted by molar-refractivity contribution is 0.206. The largest absolute Gasteiger partial charge is 0.494 e. The van der Waals surface area contributed by atoms with Gasteiger partial charge >= 0.3 is 0 Å². The Balaban J connectivity index is 1.41. The number of hydrogen-bond acceptors (Lipinski definition) is 8. The third kappa shape index (κ3) is 7.30. The number of halogens is 2. The van der Waals surface area contributed by atoms with Gasteiger partial charge in [0.15, 0.2) is 11.6 Å². The minimum Gasteiger partial charge on any atom is -0.494 e. The summed E-state index contributed by atoms with van der Waals surface area (Å²) >= 11 is 6.72. The summed E-state index contributed by atoms with van der Waals surface area (Å²) < 4.78 is 56.1. The number of nitrogens with zero attached hydrogens (tertiary/aromatic N) is 2. The van der Waals surface area contributed by atoms with Gasteiger partial charge in [0, 0.05) is 54.5 Å². The summed E-state index contributed by atoms with van der Waals surface area (Å²) in [6.07, 6.45) is 5.33. The second-order valence-electron chi connectivity index (χ2n) is 10.5. The lowest BCUT2D eigenvalue weighted by Crippen LogP contribution is -2.22. The number of ether oxygens (including phenoxy) is 3. The van der Waals surface area contributed by atoms with Crippen LogP contribution in [0.15, 0.2) is 67.0 Å². The van der Waals surface area contributed by atoms with Crippen LogP contribution >= 0.6 is 11.6 Å². The Hall–Kier alpha value is -4.17. The molecule has 4 aromatic rings. The lowest BCUT2D eigenvalue weighted by Gasteiger charge is -2.20. The van der Waals surface area contributed by atoms with Gasteiger partial charge in [-0.15, -0.1) is 0 Å². The first-order valence-electron chi connectivity index (χ1n) is 14.0. The third-order valence-corrected chi connectivity index (χ3v) is 8.60. The monoisotopic (exact) mass is 635 g/mol. The predicted molar refractivity (Wildman–Crippen MR) is 166 cm³/mol. The highest BCUT2D eigenvalue weighted by Gasteiger charge is 2.28. The van der Waals surface area contributed by atoms with Crippen LogP contribution in [0.1, 0.15) is 40.3 Å². The Morgan fingerprint density at radius 3 is 2.66 bits per heavy atom. The van der Waals surface area contributed by atoms with E-state index in [2.05, 4.69) is 16.4 Å². The molecule has 44 heavy (non-hydrogen) atoms. The van der Waals surface area contributed by atoms with Crippen molar-refractivity contribution in [3.8, 4) is 34.4 Å². The van der Waals surface area contributed by atoms with Crippen LogP contribution in [0.2, 0.25) is 5.02 Å². The summed E-state index contributed by atoms with van der Waals surface area (Å²) in [6, 6.07) is 18.1. The van der Waals surface area contributed by atoms with E-state index in [4.69, 9.17) is 25.8 Å². The van der Waals surface area contributed by atoms with Crippen molar-refractivity contribution in [3.63, 3.8) is 0 Å². The summed E-state index contributed by atoms with van der Waals surface area (Å²) in [5.74, 6) is 0.679. The highest BCUT2D eigenvalue weighted by Crippen LogP contribution is 2.43. The predicted octanol–water partition coefficient (Wildman–Crippen LogP) is 6.20. The molecule has 0 saturated carbocycles. The SMILES string of the molecule is COc1cccc(-c2cccc3c2CC[C@@H]3Oc2cc(OCc3cncc(C#N)c3)c(CNCCS(C)(=O)=O)cc2Cl)c1F. The molecule has 1 heterocycles. The molecule has 0 saturated heterocycles. The number of rotatable bonds is 12. The topological polar surface area (TPSA) is 111 Å². The van der Waals surface area contributed by atoms with Crippen LogP contribution in [0.25, 0.3) is 11.1 Å². The molecule has 228 valence electrons. The van der Waals surface area contributed by atoms with Crippen molar-refractivity contribution in [2.45, 2.75) is 32.1 Å². The van der Waals surface area contributed by atoms with Crippen LogP contribution in [0.3, 0.4) is 0 Å². The van der Waals surface area contributed by atoms with Crippen LogP contribution in [-0.2, 0) is 29.4 Å². The molecule has 0 bridgehead atoms. The highest BCUT2D eigenvalue weighted by atomic mass is 35.5. The Morgan fingerprint density at radius 1 is 1.09 bits per heavy atom. The first-order valence-corrected chi connectivity index (χ1v) is 16.4. The molecule has 0 radical (unpaired) electrons. The molecular formula is C33H31ClFN3O5S. The number of methoxy groups -OCH3 is 1. The summed E-state index contributed by atoms with van der Waals surface area (Å²) in [7, 11) is -1.68. The van der Waals surface area contributed by atoms with E-state index in [1.165, 1.54) is 19.6 Å². The molecule has 5 rings (SSSR count). The zero-order valence-electron chi connectivity index (χ0n) is 24.3. The van der Waals surface area contributed by atoms with Gasteiger partial charge in [0.2, 0.25) is 0 Å². The minimum absolute atomic E-state index is 0.00647. The Kier molecular flexibility index (Phi) is 9.69. The maximum atomic E-state index is 15.2. The number of hydrogen-bond donors (Lipinski definition) is 1. The number of sulfone groups is 1. The van der Waals surface area contributed by atoms with E-state index in [1.54, 1.807) is 42.6 Å². The number of aromatic nitrogens is 1. The standard InChI is InChI=1S/C33H31ClFN3O5S/c1-41-30-8-4-7-27(33(30)35)24-5-3-6-26-25(24)9-10-29(26)43-32-15-31(42-20-22-13-21(16-36)17-38-18-22)23(14-28(32)34)19-37-11-12-44(2,39)40/h3-8,13-15,17-18,29,37H,9-12,19-20H2,1-2H3/t29-/m0/s1. The fraction of sp³-hybridized carbons (Fsp3) is 0.273. The fourth-order valence-electron chi connectivity index (χ4n) is 5.23. The van der Waals surface area contributed by atoms with Crippen molar-refractivity contribution in [1.29, 1.82) is 5.26 Å². The van der Waals surface area contributed by atoms with E-state index in [-0.39, 0.29) is 30.8 Å². The van der Waals surface area contributed by atoms with E-state index in [0.717, 1.165) is 16.7 Å². The maximum absolute atomic E-state index is 15.2. The summed E-state index contributed by atoms with van der Waals surface area (Å²) in [5, 5.41) is 12.7. The van der Waals surface area contributed by atoms with Crippen LogP contribution in [0.4, 0.5) is 4.39 Å². The molecule has 0 amide bonds. The fourth-order valence-corrected chi connectivity index (χ4v) is 5.97. The minimum atomic E-state index is -3.12. The molecule has 0 unspecified atom stereocenters. The molecule has 0 aliphatic heterocycles. The number of nitriles is 1. The molecule has 0 spiro atoms. The first kappa shape index (κ1) is 31.3. The normalized spacial score (nSPS) is 14.1. The number of fused-ring (bicyclic) bond motifs is 1. The van der Waals surface area contributed by atoms with Crippen molar-refractivity contribution < 1.29 is 27.0 Å². The van der Waals surface area contributed by atoms with Crippen molar-refractivity contribution in [2.24, 2.45) is 0 Å². The van der Waals surface area contributed by atoms with Crippen molar-refractivity contribution >= 4 is 21.4 Å². The molecule has 1 N–H and O–H groups in total. The smallest absolute Gasteiger partial charge is 0.172 e. The summed E-state index contributed by atoms with van der Waals surface area (Å²) in [5.41, 5.74) is 5.06. The van der Waals surface area contributed by atoms with Gasteiger partial charge in [-0.25, -0.2) is 12.8 Å². The second-order valence-corrected chi connectivity index (χ2v) is 13.2. The second kappa shape index (κ2) is 13.6. The number of pyridine rings is 1. The quantitative estimate of drug-likeness (QED) is 0.183. The average Bonchev–Trinajstić information content (AvgIpc) is 3.42. The molecular weight excluding hydrogens is 605 g/mol. The van der Waals surface area contributed by atoms with Crippen LogP contribution < -0.4 is 19.5 Å². The number of benzene rings is 3. The Labute approximate surface area is 261 Å². The van der Waals surface area contributed by atoms with Gasteiger partial charge < -0.3 is 19.5 Å². The Bertz CT molecular complexity index is 1830. The number of nitrogens with one attached hydrogen (secondary N) is 1. The van der Waals surface area contributed by atoms with Gasteiger partial charge in [-0.05, 0) is 47.7 Å². The molecule has 1 aliphatic rings. The molecule has 1 aliphatic carbocycles. The van der Waals surface area contributed by atoms with Crippen molar-refractivity contribution in [2.75, 3.05) is 25.7 Å². The van der Waals surface area contributed by atoms with Gasteiger partial charge in [-0.3, -0.25) is 4.98 Å². The average molecular weight is 636 g/mol. The zero-order chi connectivity index (χ0) is 31.3. The van der Waals surface area contributed by atoms with Crippen LogP contribution in [-0.4, -0.2) is 39.1 Å². The van der Waals surface area contributed by atoms with Gasteiger partial charge in [0.1, 0.15) is 40.1 Å². The van der Waals surface area contributed by atoms with Crippen molar-refractivity contribution in [1.82, 2.24) is 10.3 Å². The van der Waals surface area contributed by atoms with Gasteiger partial charge in [0.05, 0.1) is 23.4 Å². The molecule has 8 nitrogen and oxygen atoms in total. The van der Waals surface area contributed by atoms with Crippen LogP contribution in [0.5, 0.6) is 17.2 Å². The maximum Gasteiger partial charge on any atom is 0.172 e. The summed E-state index contributed by atoms with van der Waals surface area (Å²) in [6.45, 7) is 0.710. The van der Waals surface area contributed by atoms with E-state index in [1.807, 2.05) is 18.2 Å². The van der Waals surface area contributed by atoms with E-state index < -0.39 is 15.7 Å². The van der Waals surface area contributed by atoms with Crippen LogP contribution in [0, 0.1) is 17.1 Å². The van der Waals surface area contributed by atoms with E-state index in [9.17, 15) is 13.7 Å². The van der Waals surface area contributed by atoms with Crippen molar-refractivity contribution in [3.05, 3.63) is 106 Å². The van der Waals surface area contributed by atoms with E-state index in [0.29, 0.717) is 58.2 Å². The Morgan fingerprint density at radius 2 is 1.89 bits per heavy atom. The third-order valence-electron chi connectivity index (χ3n) is 7.36. The van der Waals surface area contributed by atoms with Gasteiger partial charge in [0.25, 0.3) is 0 Å². The first-order chi connectivity index (χ1) is 21.2. The van der Waals surface area contributed by atoms with Gasteiger partial charge in [-0.2, -0.15) is 5.26 Å². The highest BCUT2D eigenvalue weighted by molar-refractivity contribution is 7.90. The molecule has 3 aromatic carbocycles. The zero-order valence-corrected chi connectivity index (χ0v) is 25.8. The molecule has 11 heteroatoms. The molecule has 1 aromatic heterocycles. The van der Waals surface area contributed by atoms with Gasteiger partial charge in [-0.1, -0.05) is 41.9 Å². The molecule has 1 atom stereocenters. The van der Waals surface area contributed by atoms with E-state index >= 15 is 4.39 Å².